The smallest absolute Gasteiger partial charge is 0.323 e. The third kappa shape index (κ3) is 3.71. The molecule has 4 rings (SSSR count). The molecule has 0 aliphatic heterocycles. The Kier molecular flexibility index (Phi) is 4.92. The number of aliphatic carboxylic acids is 1. The van der Waals surface area contributed by atoms with Crippen molar-refractivity contribution in [1.29, 1.82) is 0 Å². The van der Waals surface area contributed by atoms with E-state index in [2.05, 4.69) is 0 Å². The molecule has 0 atom stereocenters. The summed E-state index contributed by atoms with van der Waals surface area (Å²) in [5, 5.41) is 15.9. The molecule has 1 N–H and O–H groups in total. The van der Waals surface area contributed by atoms with Gasteiger partial charge in [-0.05, 0) is 36.6 Å². The molecular formula is C24H24FN3O3. The Labute approximate surface area is 178 Å². The van der Waals surface area contributed by atoms with Crippen LogP contribution in [-0.2, 0) is 17.9 Å². The number of carboxylic acid groups (broad SMARTS) is 1. The number of halogens is 1. The van der Waals surface area contributed by atoms with Gasteiger partial charge in [0.05, 0.1) is 5.39 Å². The molecule has 0 radical (unpaired) electrons. The lowest BCUT2D eigenvalue weighted by Gasteiger charge is -2.20. The average Bonchev–Trinajstić information content (AvgIpc) is 2.94. The summed E-state index contributed by atoms with van der Waals surface area (Å²) in [5.74, 6) is -1.42. The van der Waals surface area contributed by atoms with E-state index in [9.17, 15) is 19.1 Å². The Balaban J connectivity index is 2.13. The summed E-state index contributed by atoms with van der Waals surface area (Å²) in [5.41, 5.74) is 2.06. The highest BCUT2D eigenvalue weighted by Gasteiger charge is 2.23. The first-order chi connectivity index (χ1) is 14.6. The number of fused-ring (bicyclic) bond motifs is 2. The fraction of sp³-hybridized carbons (Fsp3) is 0.292. The fourth-order valence-corrected chi connectivity index (χ4v) is 4.07. The Bertz CT molecular complexity index is 1390. The summed E-state index contributed by atoms with van der Waals surface area (Å²) in [6.45, 7) is 8.02. The quantitative estimate of drug-likeness (QED) is 0.523. The number of hydrogen-bond donors (Lipinski definition) is 1. The molecule has 160 valence electrons. The van der Waals surface area contributed by atoms with E-state index in [1.807, 2.05) is 32.9 Å². The van der Waals surface area contributed by atoms with E-state index < -0.39 is 11.8 Å². The van der Waals surface area contributed by atoms with Crippen molar-refractivity contribution >= 4 is 27.6 Å². The Morgan fingerprint density at radius 2 is 1.77 bits per heavy atom. The number of rotatable bonds is 4. The minimum absolute atomic E-state index is 0.186. The van der Waals surface area contributed by atoms with Gasteiger partial charge in [0.25, 0.3) is 5.56 Å². The van der Waals surface area contributed by atoms with E-state index in [4.69, 9.17) is 5.10 Å². The molecule has 6 nitrogen and oxygen atoms in total. The third-order valence-corrected chi connectivity index (χ3v) is 5.31. The molecular weight excluding hydrogens is 397 g/mol. The average molecular weight is 421 g/mol. The number of carboxylic acids is 1. The summed E-state index contributed by atoms with van der Waals surface area (Å²) in [6.07, 6.45) is 0. The van der Waals surface area contributed by atoms with Crippen LogP contribution in [0.15, 0.2) is 47.3 Å². The van der Waals surface area contributed by atoms with Crippen LogP contribution >= 0.6 is 0 Å². The fourth-order valence-electron chi connectivity index (χ4n) is 4.07. The van der Waals surface area contributed by atoms with E-state index in [0.29, 0.717) is 45.2 Å². The van der Waals surface area contributed by atoms with Crippen LogP contribution < -0.4 is 5.56 Å². The number of carbonyl (C=O) groups is 1. The van der Waals surface area contributed by atoms with E-state index in [0.717, 1.165) is 0 Å². The van der Waals surface area contributed by atoms with Crippen molar-refractivity contribution in [1.82, 2.24) is 14.3 Å². The minimum atomic E-state index is -0.994. The molecule has 4 aromatic rings. The van der Waals surface area contributed by atoms with Crippen molar-refractivity contribution in [3.63, 3.8) is 0 Å². The van der Waals surface area contributed by atoms with Gasteiger partial charge in [-0.15, -0.1) is 0 Å². The molecule has 0 unspecified atom stereocenters. The molecule has 0 fully saturated rings. The van der Waals surface area contributed by atoms with Gasteiger partial charge in [0.1, 0.15) is 18.1 Å². The van der Waals surface area contributed by atoms with Crippen molar-refractivity contribution < 1.29 is 14.3 Å². The van der Waals surface area contributed by atoms with Crippen molar-refractivity contribution in [2.24, 2.45) is 5.41 Å². The molecule has 0 saturated heterocycles. The Morgan fingerprint density at radius 3 is 2.42 bits per heavy atom. The lowest BCUT2D eigenvalue weighted by atomic mass is 9.97. The predicted molar refractivity (Wildman–Crippen MR) is 119 cm³/mol. The van der Waals surface area contributed by atoms with E-state index in [1.54, 1.807) is 29.7 Å². The van der Waals surface area contributed by atoms with Crippen LogP contribution in [0.25, 0.3) is 32.9 Å². The zero-order valence-electron chi connectivity index (χ0n) is 17.9. The molecule has 0 bridgehead atoms. The summed E-state index contributed by atoms with van der Waals surface area (Å²) in [6, 6.07) is 11.5. The first kappa shape index (κ1) is 20.8. The monoisotopic (exact) mass is 421 g/mol. The van der Waals surface area contributed by atoms with Gasteiger partial charge in [-0.2, -0.15) is 5.10 Å². The molecule has 0 aliphatic rings. The van der Waals surface area contributed by atoms with Gasteiger partial charge in [0.15, 0.2) is 0 Å². The van der Waals surface area contributed by atoms with Crippen LogP contribution in [0.4, 0.5) is 4.39 Å². The van der Waals surface area contributed by atoms with Gasteiger partial charge in [0, 0.05) is 34.1 Å². The van der Waals surface area contributed by atoms with Crippen molar-refractivity contribution in [2.75, 3.05) is 0 Å². The highest BCUT2D eigenvalue weighted by molar-refractivity contribution is 6.05. The number of hydrogen-bond acceptors (Lipinski definition) is 3. The lowest BCUT2D eigenvalue weighted by Crippen LogP contribution is -2.29. The summed E-state index contributed by atoms with van der Waals surface area (Å²) < 4.78 is 17.3. The van der Waals surface area contributed by atoms with Crippen molar-refractivity contribution in [2.45, 2.75) is 40.8 Å². The second kappa shape index (κ2) is 7.34. The van der Waals surface area contributed by atoms with Gasteiger partial charge in [-0.1, -0.05) is 39.0 Å². The first-order valence-corrected chi connectivity index (χ1v) is 10.1. The van der Waals surface area contributed by atoms with Crippen molar-refractivity contribution in [3.8, 4) is 11.3 Å². The minimum Gasteiger partial charge on any atom is -0.480 e. The SMILES string of the molecule is Cc1c(-c2nn(CC(C)(C)C)c(=O)c3ccccc23)c2cc(F)ccc2n1CC(=O)O. The standard InChI is InChI=1S/C24H24FN3O3/c1-14-21(18-11-15(25)9-10-19(18)27(14)12-20(29)30)22-16-7-5-6-8-17(16)23(31)28(26-22)13-24(2,3)4/h5-11H,12-13H2,1-4H3,(H,29,30). The van der Waals surface area contributed by atoms with E-state index in [-0.39, 0.29) is 17.5 Å². The molecule has 0 saturated carbocycles. The van der Waals surface area contributed by atoms with Crippen LogP contribution in [0.2, 0.25) is 0 Å². The Hall–Kier alpha value is -3.48. The molecule has 2 aromatic heterocycles. The molecule has 2 aromatic carbocycles. The molecule has 0 amide bonds. The molecule has 0 aliphatic carbocycles. The third-order valence-electron chi connectivity index (χ3n) is 5.31. The van der Waals surface area contributed by atoms with Crippen LogP contribution in [0.1, 0.15) is 26.5 Å². The number of nitrogens with zero attached hydrogens (tertiary/aromatic N) is 3. The predicted octanol–water partition coefficient (Wildman–Crippen LogP) is 4.60. The van der Waals surface area contributed by atoms with Crippen LogP contribution in [0.5, 0.6) is 0 Å². The highest BCUT2D eigenvalue weighted by atomic mass is 19.1. The second-order valence-corrected chi connectivity index (χ2v) is 9.02. The molecule has 31 heavy (non-hydrogen) atoms. The maximum Gasteiger partial charge on any atom is 0.323 e. The maximum atomic E-state index is 14.2. The topological polar surface area (TPSA) is 77.1 Å². The normalized spacial score (nSPS) is 12.0. The van der Waals surface area contributed by atoms with Gasteiger partial charge >= 0.3 is 5.97 Å². The van der Waals surface area contributed by atoms with E-state index in [1.165, 1.54) is 16.8 Å². The Morgan fingerprint density at radius 1 is 1.10 bits per heavy atom. The van der Waals surface area contributed by atoms with E-state index >= 15 is 0 Å². The van der Waals surface area contributed by atoms with Gasteiger partial charge in [0.2, 0.25) is 0 Å². The van der Waals surface area contributed by atoms with Gasteiger partial charge in [-0.3, -0.25) is 9.59 Å². The largest absolute Gasteiger partial charge is 0.480 e. The first-order valence-electron chi connectivity index (χ1n) is 10.1. The number of benzene rings is 2. The number of aromatic nitrogens is 3. The zero-order valence-corrected chi connectivity index (χ0v) is 17.9. The van der Waals surface area contributed by atoms with Crippen molar-refractivity contribution in [3.05, 3.63) is 64.3 Å². The summed E-state index contributed by atoms with van der Waals surface area (Å²) in [4.78, 5) is 24.6. The highest BCUT2D eigenvalue weighted by Crippen LogP contribution is 2.37. The summed E-state index contributed by atoms with van der Waals surface area (Å²) >= 11 is 0. The van der Waals surface area contributed by atoms with Gasteiger partial charge < -0.3 is 9.67 Å². The van der Waals surface area contributed by atoms with Crippen LogP contribution in [0, 0.1) is 18.2 Å². The summed E-state index contributed by atoms with van der Waals surface area (Å²) in [7, 11) is 0. The molecule has 7 heteroatoms. The maximum absolute atomic E-state index is 14.2. The van der Waals surface area contributed by atoms with Crippen LogP contribution in [-0.4, -0.2) is 25.4 Å². The van der Waals surface area contributed by atoms with Crippen LogP contribution in [0.3, 0.4) is 0 Å². The zero-order chi connectivity index (χ0) is 22.5. The van der Waals surface area contributed by atoms with Gasteiger partial charge in [-0.25, -0.2) is 9.07 Å². The molecule has 0 spiro atoms. The second-order valence-electron chi connectivity index (χ2n) is 9.02. The lowest BCUT2D eigenvalue weighted by molar-refractivity contribution is -0.137. The molecule has 2 heterocycles.